The zero-order valence-electron chi connectivity index (χ0n) is 8.82. The molecular formula is C11H9BrN2O2. The molecule has 82 valence electrons. The molecule has 1 aliphatic heterocycles. The predicted octanol–water partition coefficient (Wildman–Crippen LogP) is 1.97. The number of imide groups is 1. The fraction of sp³-hybridized carbons (Fsp3) is 0.182. The number of carbonyl (C=O) groups excluding carboxylic acids is 2. The Labute approximate surface area is 101 Å². The summed E-state index contributed by atoms with van der Waals surface area (Å²) in [5, 5.41) is 0. The van der Waals surface area contributed by atoms with E-state index >= 15 is 0 Å². The van der Waals surface area contributed by atoms with Crippen molar-refractivity contribution in [2.75, 3.05) is 4.90 Å². The van der Waals surface area contributed by atoms with E-state index in [1.165, 1.54) is 6.08 Å². The number of aromatic nitrogens is 1. The van der Waals surface area contributed by atoms with Gasteiger partial charge in [0, 0.05) is 22.3 Å². The lowest BCUT2D eigenvalue weighted by atomic mass is 10.3. The Hall–Kier alpha value is -1.49. The molecule has 0 spiro atoms. The number of hydrogen-bond donors (Lipinski definition) is 0. The molecule has 0 N–H and O–H groups in total. The number of carbonyl (C=O) groups is 2. The van der Waals surface area contributed by atoms with E-state index in [-0.39, 0.29) is 11.8 Å². The fourth-order valence-corrected chi connectivity index (χ4v) is 1.67. The normalized spacial score (nSPS) is 15.7. The van der Waals surface area contributed by atoms with Crippen LogP contribution in [0.4, 0.5) is 5.82 Å². The van der Waals surface area contributed by atoms with Gasteiger partial charge in [-0.3, -0.25) is 9.59 Å². The van der Waals surface area contributed by atoms with Gasteiger partial charge in [-0.15, -0.1) is 0 Å². The van der Waals surface area contributed by atoms with Crippen molar-refractivity contribution in [2.24, 2.45) is 0 Å². The molecule has 0 aromatic carbocycles. The molecule has 2 heterocycles. The number of rotatable bonds is 1. The molecule has 2 amide bonds. The van der Waals surface area contributed by atoms with Crippen LogP contribution >= 0.6 is 15.9 Å². The molecule has 0 saturated heterocycles. The number of aryl methyl sites for hydroxylation is 1. The molecule has 0 atom stereocenters. The maximum absolute atomic E-state index is 11.7. The number of nitrogens with zero attached hydrogens (tertiary/aromatic N) is 2. The second-order valence-corrected chi connectivity index (χ2v) is 4.45. The molecule has 0 aliphatic carbocycles. The van der Waals surface area contributed by atoms with Gasteiger partial charge >= 0.3 is 0 Å². The van der Waals surface area contributed by atoms with Crippen molar-refractivity contribution in [3.05, 3.63) is 33.9 Å². The standard InChI is InChI=1S/C11H9BrN2O2/c1-6-3-9(13-5-8(6)12)14-10(15)4-7(2)11(14)16/h3-5H,1-2H3. The van der Waals surface area contributed by atoms with Gasteiger partial charge in [0.25, 0.3) is 11.8 Å². The molecule has 0 fully saturated rings. The average molecular weight is 281 g/mol. The molecule has 4 nitrogen and oxygen atoms in total. The Bertz CT molecular complexity index is 523. The lowest BCUT2D eigenvalue weighted by Gasteiger charge is -2.13. The molecule has 2 rings (SSSR count). The van der Waals surface area contributed by atoms with Crippen LogP contribution in [0.1, 0.15) is 12.5 Å². The summed E-state index contributed by atoms with van der Waals surface area (Å²) in [7, 11) is 0. The minimum Gasteiger partial charge on any atom is -0.269 e. The van der Waals surface area contributed by atoms with Crippen molar-refractivity contribution in [1.82, 2.24) is 4.98 Å². The Kier molecular flexibility index (Phi) is 2.63. The number of anilines is 1. The molecule has 0 radical (unpaired) electrons. The van der Waals surface area contributed by atoms with E-state index in [1.807, 2.05) is 6.92 Å². The van der Waals surface area contributed by atoms with Crippen LogP contribution < -0.4 is 4.90 Å². The van der Waals surface area contributed by atoms with Crippen LogP contribution in [-0.2, 0) is 9.59 Å². The second-order valence-electron chi connectivity index (χ2n) is 3.60. The maximum Gasteiger partial charge on any atom is 0.262 e. The Morgan fingerprint density at radius 2 is 2.00 bits per heavy atom. The van der Waals surface area contributed by atoms with Gasteiger partial charge in [-0.05, 0) is 41.4 Å². The summed E-state index contributed by atoms with van der Waals surface area (Å²) >= 11 is 3.32. The highest BCUT2D eigenvalue weighted by Gasteiger charge is 2.30. The van der Waals surface area contributed by atoms with Gasteiger partial charge in [-0.2, -0.15) is 0 Å². The van der Waals surface area contributed by atoms with E-state index in [2.05, 4.69) is 20.9 Å². The zero-order valence-corrected chi connectivity index (χ0v) is 10.4. The van der Waals surface area contributed by atoms with Gasteiger partial charge in [0.05, 0.1) is 0 Å². The molecule has 1 aromatic heterocycles. The van der Waals surface area contributed by atoms with Gasteiger partial charge in [0.2, 0.25) is 0 Å². The number of pyridine rings is 1. The first-order valence-corrected chi connectivity index (χ1v) is 5.49. The van der Waals surface area contributed by atoms with Crippen molar-refractivity contribution < 1.29 is 9.59 Å². The van der Waals surface area contributed by atoms with Crippen molar-refractivity contribution >= 4 is 33.6 Å². The first-order chi connectivity index (χ1) is 7.50. The molecule has 16 heavy (non-hydrogen) atoms. The van der Waals surface area contributed by atoms with Crippen LogP contribution in [0.25, 0.3) is 0 Å². The molecular weight excluding hydrogens is 272 g/mol. The highest BCUT2D eigenvalue weighted by molar-refractivity contribution is 9.10. The third kappa shape index (κ3) is 1.67. The molecule has 1 aromatic rings. The number of halogens is 1. The van der Waals surface area contributed by atoms with E-state index in [9.17, 15) is 9.59 Å². The third-order valence-corrected chi connectivity index (χ3v) is 3.19. The van der Waals surface area contributed by atoms with E-state index in [0.717, 1.165) is 14.9 Å². The Morgan fingerprint density at radius 1 is 1.31 bits per heavy atom. The Morgan fingerprint density at radius 3 is 2.50 bits per heavy atom. The van der Waals surface area contributed by atoms with E-state index in [1.54, 1.807) is 19.2 Å². The third-order valence-electron chi connectivity index (χ3n) is 2.36. The van der Waals surface area contributed by atoms with Gasteiger partial charge in [0.15, 0.2) is 0 Å². The van der Waals surface area contributed by atoms with Crippen molar-refractivity contribution in [1.29, 1.82) is 0 Å². The topological polar surface area (TPSA) is 50.3 Å². The van der Waals surface area contributed by atoms with Crippen LogP contribution in [0.5, 0.6) is 0 Å². The van der Waals surface area contributed by atoms with Crippen LogP contribution in [0.3, 0.4) is 0 Å². The highest BCUT2D eigenvalue weighted by atomic mass is 79.9. The molecule has 0 unspecified atom stereocenters. The molecule has 0 saturated carbocycles. The van der Waals surface area contributed by atoms with Crippen molar-refractivity contribution in [3.63, 3.8) is 0 Å². The van der Waals surface area contributed by atoms with Gasteiger partial charge in [0.1, 0.15) is 5.82 Å². The largest absolute Gasteiger partial charge is 0.269 e. The lowest BCUT2D eigenvalue weighted by Crippen LogP contribution is -2.31. The summed E-state index contributed by atoms with van der Waals surface area (Å²) in [6.45, 7) is 3.49. The van der Waals surface area contributed by atoms with Crippen LogP contribution in [0.2, 0.25) is 0 Å². The van der Waals surface area contributed by atoms with Crippen LogP contribution in [-0.4, -0.2) is 16.8 Å². The minimum absolute atomic E-state index is 0.306. The maximum atomic E-state index is 11.7. The summed E-state index contributed by atoms with van der Waals surface area (Å²) in [4.78, 5) is 28.4. The fourth-order valence-electron chi connectivity index (χ4n) is 1.45. The molecule has 0 bridgehead atoms. The van der Waals surface area contributed by atoms with Crippen LogP contribution in [0.15, 0.2) is 28.4 Å². The first kappa shape index (κ1) is 11.0. The van der Waals surface area contributed by atoms with Crippen molar-refractivity contribution in [3.8, 4) is 0 Å². The lowest BCUT2D eigenvalue weighted by molar-refractivity contribution is -0.120. The van der Waals surface area contributed by atoms with Crippen molar-refractivity contribution in [2.45, 2.75) is 13.8 Å². The monoisotopic (exact) mass is 280 g/mol. The smallest absolute Gasteiger partial charge is 0.262 e. The summed E-state index contributed by atoms with van der Waals surface area (Å²) in [6.07, 6.45) is 2.90. The first-order valence-electron chi connectivity index (χ1n) is 4.69. The Balaban J connectivity index is 2.43. The zero-order chi connectivity index (χ0) is 11.9. The van der Waals surface area contributed by atoms with Crippen LogP contribution in [0, 0.1) is 6.92 Å². The predicted molar refractivity (Wildman–Crippen MR) is 62.9 cm³/mol. The van der Waals surface area contributed by atoms with E-state index in [0.29, 0.717) is 11.4 Å². The summed E-state index contributed by atoms with van der Waals surface area (Å²) in [5.74, 6) is -0.278. The summed E-state index contributed by atoms with van der Waals surface area (Å²) in [5.41, 5.74) is 1.36. The number of amides is 2. The van der Waals surface area contributed by atoms with E-state index in [4.69, 9.17) is 0 Å². The van der Waals surface area contributed by atoms with Gasteiger partial charge in [-0.1, -0.05) is 0 Å². The van der Waals surface area contributed by atoms with Gasteiger partial charge < -0.3 is 0 Å². The summed E-state index contributed by atoms with van der Waals surface area (Å²) in [6, 6.07) is 1.70. The van der Waals surface area contributed by atoms with E-state index < -0.39 is 0 Å². The quantitative estimate of drug-likeness (QED) is 0.739. The summed E-state index contributed by atoms with van der Waals surface area (Å²) < 4.78 is 0.847. The molecule has 5 heteroatoms. The molecule has 1 aliphatic rings. The number of hydrogen-bond acceptors (Lipinski definition) is 3. The SMILES string of the molecule is CC1=CC(=O)N(c2cc(C)c(Br)cn2)C1=O. The second kappa shape index (κ2) is 3.83. The average Bonchev–Trinajstić information content (AvgIpc) is 2.47. The van der Waals surface area contributed by atoms with Gasteiger partial charge in [-0.25, -0.2) is 9.88 Å². The minimum atomic E-state index is -0.336. The highest BCUT2D eigenvalue weighted by Crippen LogP contribution is 2.24.